The van der Waals surface area contributed by atoms with Gasteiger partial charge >= 0.3 is 0 Å². The van der Waals surface area contributed by atoms with Gasteiger partial charge in [-0.2, -0.15) is 0 Å². The van der Waals surface area contributed by atoms with Crippen LogP contribution in [0.25, 0.3) is 0 Å². The molecule has 20 heavy (non-hydrogen) atoms. The lowest BCUT2D eigenvalue weighted by Crippen LogP contribution is -2.58. The summed E-state index contributed by atoms with van der Waals surface area (Å²) in [6.45, 7) is 6.26. The summed E-state index contributed by atoms with van der Waals surface area (Å²) in [6, 6.07) is 0.745. The summed E-state index contributed by atoms with van der Waals surface area (Å²) in [6.07, 6.45) is 13.8. The average molecular weight is 385 g/mol. The molecule has 112 valence electrons. The van der Waals surface area contributed by atoms with Gasteiger partial charge in [0.05, 0.1) is 0 Å². The van der Waals surface area contributed by atoms with Crippen LogP contribution in [-0.2, 0) is 0 Å². The highest BCUT2D eigenvalue weighted by atomic mass is 127. The molecule has 3 saturated carbocycles. The van der Waals surface area contributed by atoms with Gasteiger partial charge in [-0.1, -0.05) is 48.6 Å². The lowest BCUT2D eigenvalue weighted by molar-refractivity contribution is -0.0505. The van der Waals surface area contributed by atoms with Crippen molar-refractivity contribution in [2.45, 2.75) is 62.3 Å². The number of alkyl halides is 1. The summed E-state index contributed by atoms with van der Waals surface area (Å²) in [5, 5.41) is 3.78. The largest absolute Gasteiger partial charge is 0.310 e. The second kappa shape index (κ2) is 4.71. The number of nitrogens with one attached hydrogen (secondary N) is 1. The van der Waals surface area contributed by atoms with E-state index in [9.17, 15) is 0 Å². The highest BCUT2D eigenvalue weighted by Gasteiger charge is 2.58. The minimum atomic E-state index is 0.436. The molecule has 1 aliphatic heterocycles. The van der Waals surface area contributed by atoms with Gasteiger partial charge < -0.3 is 5.32 Å². The Bertz CT molecular complexity index is 433. The van der Waals surface area contributed by atoms with Crippen molar-refractivity contribution in [2.75, 3.05) is 6.54 Å². The normalized spacial score (nSPS) is 57.9. The molecular formula is C18H28IN. The Morgan fingerprint density at radius 2 is 1.90 bits per heavy atom. The molecule has 0 bridgehead atoms. The third-order valence-electron chi connectivity index (χ3n) is 7.62. The van der Waals surface area contributed by atoms with Crippen molar-refractivity contribution < 1.29 is 0 Å². The van der Waals surface area contributed by atoms with Crippen LogP contribution in [0.5, 0.6) is 0 Å². The van der Waals surface area contributed by atoms with E-state index < -0.39 is 0 Å². The minimum absolute atomic E-state index is 0.436. The second-order valence-electron chi connectivity index (χ2n) is 8.27. The molecule has 0 aromatic carbocycles. The van der Waals surface area contributed by atoms with Crippen LogP contribution in [0.15, 0.2) is 12.2 Å². The Balaban J connectivity index is 1.68. The van der Waals surface area contributed by atoms with Crippen molar-refractivity contribution in [3.63, 3.8) is 0 Å². The molecule has 0 aromatic heterocycles. The first kappa shape index (κ1) is 14.0. The zero-order valence-corrected chi connectivity index (χ0v) is 15.0. The maximum absolute atomic E-state index is 3.78. The van der Waals surface area contributed by atoms with Crippen molar-refractivity contribution >= 4 is 22.6 Å². The molecule has 1 N–H and O–H groups in total. The Morgan fingerprint density at radius 3 is 2.75 bits per heavy atom. The fraction of sp³-hybridized carbons (Fsp3) is 0.889. The van der Waals surface area contributed by atoms with E-state index in [1.54, 1.807) is 0 Å². The number of halogens is 1. The van der Waals surface area contributed by atoms with Gasteiger partial charge in [0.1, 0.15) is 0 Å². The molecule has 1 nitrogen and oxygen atoms in total. The van der Waals surface area contributed by atoms with E-state index in [4.69, 9.17) is 0 Å². The van der Waals surface area contributed by atoms with Crippen LogP contribution in [0, 0.1) is 28.6 Å². The lowest BCUT2D eigenvalue weighted by atomic mass is 9.49. The first-order valence-corrected chi connectivity index (χ1v) is 9.85. The predicted octanol–water partition coefficient (Wildman–Crippen LogP) is 4.56. The van der Waals surface area contributed by atoms with Crippen LogP contribution < -0.4 is 5.32 Å². The van der Waals surface area contributed by atoms with Crippen LogP contribution in [0.1, 0.15) is 52.4 Å². The summed E-state index contributed by atoms with van der Waals surface area (Å²) >= 11 is 2.76. The van der Waals surface area contributed by atoms with Gasteiger partial charge in [0, 0.05) is 21.9 Å². The Labute approximate surface area is 137 Å². The van der Waals surface area contributed by atoms with E-state index in [1.807, 2.05) is 0 Å². The molecule has 2 unspecified atom stereocenters. The van der Waals surface area contributed by atoms with E-state index in [1.165, 1.54) is 38.5 Å². The third kappa shape index (κ3) is 1.76. The first-order chi connectivity index (χ1) is 9.56. The standard InChI is InChI=1S/C18H28IN/c1-17-10-8-14-12(13(17)5-6-15(17)19)4-7-16-18(14,2)9-3-11-20-16/h3,9,12-16,20H,4-8,10-11H2,1-2H3/t12-,13-,14-,15?,16?,17-,18+/m0/s1. The molecule has 1 heterocycles. The molecule has 0 aromatic rings. The number of rotatable bonds is 0. The number of hydrogen-bond acceptors (Lipinski definition) is 1. The Morgan fingerprint density at radius 1 is 1.05 bits per heavy atom. The van der Waals surface area contributed by atoms with Gasteiger partial charge in [0.2, 0.25) is 0 Å². The van der Waals surface area contributed by atoms with Gasteiger partial charge in [-0.25, -0.2) is 0 Å². The lowest BCUT2D eigenvalue weighted by Gasteiger charge is -2.58. The molecule has 3 aliphatic carbocycles. The van der Waals surface area contributed by atoms with Crippen LogP contribution in [0.4, 0.5) is 0 Å². The van der Waals surface area contributed by atoms with E-state index in [2.05, 4.69) is 53.9 Å². The van der Waals surface area contributed by atoms with Crippen molar-refractivity contribution in [3.8, 4) is 0 Å². The van der Waals surface area contributed by atoms with E-state index >= 15 is 0 Å². The first-order valence-electron chi connectivity index (χ1n) is 8.61. The van der Waals surface area contributed by atoms with E-state index in [0.29, 0.717) is 10.8 Å². The zero-order valence-electron chi connectivity index (χ0n) is 12.9. The van der Waals surface area contributed by atoms with Crippen LogP contribution >= 0.6 is 22.6 Å². The monoisotopic (exact) mass is 385 g/mol. The fourth-order valence-electron chi connectivity index (χ4n) is 6.41. The molecule has 7 atom stereocenters. The highest BCUT2D eigenvalue weighted by Crippen LogP contribution is 2.64. The van der Waals surface area contributed by atoms with Crippen LogP contribution in [0.2, 0.25) is 0 Å². The fourth-order valence-corrected chi connectivity index (χ4v) is 7.54. The van der Waals surface area contributed by atoms with Gasteiger partial charge in [-0.3, -0.25) is 0 Å². The molecule has 0 spiro atoms. The highest BCUT2D eigenvalue weighted by molar-refractivity contribution is 14.1. The minimum Gasteiger partial charge on any atom is -0.310 e. The van der Waals surface area contributed by atoms with Crippen LogP contribution in [0.3, 0.4) is 0 Å². The zero-order chi connectivity index (χ0) is 14.0. The van der Waals surface area contributed by atoms with Crippen molar-refractivity contribution in [1.82, 2.24) is 5.32 Å². The van der Waals surface area contributed by atoms with Gasteiger partial charge in [0.25, 0.3) is 0 Å². The van der Waals surface area contributed by atoms with Crippen molar-refractivity contribution in [2.24, 2.45) is 28.6 Å². The maximum atomic E-state index is 3.78. The van der Waals surface area contributed by atoms with Crippen molar-refractivity contribution in [3.05, 3.63) is 12.2 Å². The summed E-state index contributed by atoms with van der Waals surface area (Å²) < 4.78 is 0.927. The average Bonchev–Trinajstić information content (AvgIpc) is 2.74. The molecule has 3 fully saturated rings. The topological polar surface area (TPSA) is 12.0 Å². The molecular weight excluding hydrogens is 357 g/mol. The molecule has 0 saturated heterocycles. The van der Waals surface area contributed by atoms with Gasteiger partial charge in [0.15, 0.2) is 0 Å². The molecule has 2 heteroatoms. The van der Waals surface area contributed by atoms with Crippen LogP contribution in [-0.4, -0.2) is 16.5 Å². The predicted molar refractivity (Wildman–Crippen MR) is 93.1 cm³/mol. The summed E-state index contributed by atoms with van der Waals surface area (Å²) in [4.78, 5) is 0. The summed E-state index contributed by atoms with van der Waals surface area (Å²) in [7, 11) is 0. The Hall–Kier alpha value is 0.430. The van der Waals surface area contributed by atoms with Gasteiger partial charge in [-0.05, 0) is 61.7 Å². The SMILES string of the molecule is C[C@]12C=CCNC1CC[C@@H]1[C@@H]2CC[C@]2(C)C(I)CC[C@@H]12. The van der Waals surface area contributed by atoms with E-state index in [0.717, 1.165) is 34.3 Å². The summed E-state index contributed by atoms with van der Waals surface area (Å²) in [5.74, 6) is 2.95. The molecule has 4 rings (SSSR count). The number of fused-ring (bicyclic) bond motifs is 5. The summed E-state index contributed by atoms with van der Waals surface area (Å²) in [5.41, 5.74) is 1.09. The molecule has 0 amide bonds. The quantitative estimate of drug-likeness (QED) is 0.366. The number of hydrogen-bond donors (Lipinski definition) is 1. The molecule has 4 aliphatic rings. The van der Waals surface area contributed by atoms with Crippen molar-refractivity contribution in [1.29, 1.82) is 0 Å². The third-order valence-corrected chi connectivity index (χ3v) is 9.66. The second-order valence-corrected chi connectivity index (χ2v) is 9.78. The molecule has 0 radical (unpaired) electrons. The van der Waals surface area contributed by atoms with Gasteiger partial charge in [-0.15, -0.1) is 0 Å². The Kier molecular flexibility index (Phi) is 3.31. The maximum Gasteiger partial charge on any atom is 0.0166 e. The van der Waals surface area contributed by atoms with E-state index in [-0.39, 0.29) is 0 Å². The smallest absolute Gasteiger partial charge is 0.0166 e.